The maximum atomic E-state index is 11.6. The maximum Gasteiger partial charge on any atom is 0.156 e. The first kappa shape index (κ1) is 11.0. The molecule has 0 bridgehead atoms. The number of aryl methyl sites for hydroxylation is 1. The standard InChI is InChI=1S/C12H17N3O/c1-12(2)6-9(4-10(16)7-12)5-11-13-8-14-15(11)3/h4,8H,5-7H2,1-3H3. The Morgan fingerprint density at radius 1 is 1.44 bits per heavy atom. The third-order valence-corrected chi connectivity index (χ3v) is 2.91. The average molecular weight is 219 g/mol. The topological polar surface area (TPSA) is 47.8 Å². The van der Waals surface area contributed by atoms with E-state index in [4.69, 9.17) is 0 Å². The molecule has 1 aliphatic carbocycles. The van der Waals surface area contributed by atoms with E-state index in [0.29, 0.717) is 6.42 Å². The van der Waals surface area contributed by atoms with Crippen molar-refractivity contribution >= 4 is 5.78 Å². The molecule has 2 rings (SSSR count). The summed E-state index contributed by atoms with van der Waals surface area (Å²) in [6.45, 7) is 4.27. The van der Waals surface area contributed by atoms with Crippen LogP contribution in [0.2, 0.25) is 0 Å². The van der Waals surface area contributed by atoms with Crippen LogP contribution in [0, 0.1) is 5.41 Å². The summed E-state index contributed by atoms with van der Waals surface area (Å²) in [7, 11) is 1.87. The van der Waals surface area contributed by atoms with E-state index in [1.165, 1.54) is 0 Å². The predicted octanol–water partition coefficient (Wildman–Crippen LogP) is 1.67. The van der Waals surface area contributed by atoms with Gasteiger partial charge in [-0.05, 0) is 17.9 Å². The molecule has 0 atom stereocenters. The van der Waals surface area contributed by atoms with Gasteiger partial charge >= 0.3 is 0 Å². The predicted molar refractivity (Wildman–Crippen MR) is 60.8 cm³/mol. The Balaban J connectivity index is 2.17. The summed E-state index contributed by atoms with van der Waals surface area (Å²) in [6, 6.07) is 0. The Bertz CT molecular complexity index is 443. The maximum absolute atomic E-state index is 11.6. The lowest BCUT2D eigenvalue weighted by Gasteiger charge is -2.28. The van der Waals surface area contributed by atoms with Crippen molar-refractivity contribution in [2.45, 2.75) is 33.1 Å². The molecule has 0 fully saturated rings. The molecule has 0 saturated carbocycles. The summed E-state index contributed by atoms with van der Waals surface area (Å²) in [5.74, 6) is 1.14. The molecule has 1 aliphatic rings. The second kappa shape index (κ2) is 3.85. The van der Waals surface area contributed by atoms with Gasteiger partial charge in [0, 0.05) is 19.9 Å². The molecular weight excluding hydrogens is 202 g/mol. The molecule has 0 spiro atoms. The third kappa shape index (κ3) is 2.38. The second-order valence-corrected chi connectivity index (χ2v) is 5.26. The van der Waals surface area contributed by atoms with Crippen molar-refractivity contribution in [1.29, 1.82) is 0 Å². The number of aromatic nitrogens is 3. The molecule has 0 radical (unpaired) electrons. The van der Waals surface area contributed by atoms with Crippen molar-refractivity contribution in [2.75, 3.05) is 0 Å². The summed E-state index contributed by atoms with van der Waals surface area (Å²) in [4.78, 5) is 15.8. The number of nitrogens with zero attached hydrogens (tertiary/aromatic N) is 3. The molecule has 0 saturated heterocycles. The zero-order valence-corrected chi connectivity index (χ0v) is 10.0. The Morgan fingerprint density at radius 2 is 2.19 bits per heavy atom. The zero-order chi connectivity index (χ0) is 11.8. The molecule has 0 amide bonds. The van der Waals surface area contributed by atoms with E-state index in [1.807, 2.05) is 7.05 Å². The lowest BCUT2D eigenvalue weighted by atomic mass is 9.76. The normalized spacial score (nSPS) is 19.7. The summed E-state index contributed by atoms with van der Waals surface area (Å²) in [5.41, 5.74) is 1.25. The Labute approximate surface area is 95.4 Å². The van der Waals surface area contributed by atoms with E-state index in [-0.39, 0.29) is 11.2 Å². The minimum Gasteiger partial charge on any atom is -0.295 e. The van der Waals surface area contributed by atoms with Gasteiger partial charge in [-0.1, -0.05) is 19.4 Å². The highest BCUT2D eigenvalue weighted by Crippen LogP contribution is 2.34. The van der Waals surface area contributed by atoms with Crippen molar-refractivity contribution < 1.29 is 4.79 Å². The Hall–Kier alpha value is -1.45. The molecule has 4 heteroatoms. The first-order chi connectivity index (χ1) is 7.46. The minimum absolute atomic E-state index is 0.0831. The van der Waals surface area contributed by atoms with Crippen molar-refractivity contribution in [3.8, 4) is 0 Å². The van der Waals surface area contributed by atoms with Gasteiger partial charge in [0.1, 0.15) is 12.2 Å². The molecule has 0 N–H and O–H groups in total. The quantitative estimate of drug-likeness (QED) is 0.760. The van der Waals surface area contributed by atoms with E-state index in [1.54, 1.807) is 17.1 Å². The molecule has 0 aliphatic heterocycles. The van der Waals surface area contributed by atoms with Gasteiger partial charge in [-0.25, -0.2) is 4.98 Å². The largest absolute Gasteiger partial charge is 0.295 e. The number of carbonyl (C=O) groups is 1. The molecule has 1 heterocycles. The Morgan fingerprint density at radius 3 is 2.75 bits per heavy atom. The van der Waals surface area contributed by atoms with Crippen LogP contribution in [0.15, 0.2) is 18.0 Å². The highest BCUT2D eigenvalue weighted by molar-refractivity contribution is 5.91. The fourth-order valence-electron chi connectivity index (χ4n) is 2.28. The van der Waals surface area contributed by atoms with E-state index in [0.717, 1.165) is 24.2 Å². The number of allylic oxidation sites excluding steroid dienone is 2. The monoisotopic (exact) mass is 219 g/mol. The van der Waals surface area contributed by atoms with Crippen LogP contribution in [0.4, 0.5) is 0 Å². The van der Waals surface area contributed by atoms with Crippen LogP contribution in [0.5, 0.6) is 0 Å². The summed E-state index contributed by atoms with van der Waals surface area (Å²) < 4.78 is 1.76. The molecule has 1 aromatic rings. The van der Waals surface area contributed by atoms with Gasteiger partial charge in [-0.15, -0.1) is 0 Å². The number of hydrogen-bond donors (Lipinski definition) is 0. The second-order valence-electron chi connectivity index (χ2n) is 5.26. The van der Waals surface area contributed by atoms with Crippen LogP contribution >= 0.6 is 0 Å². The summed E-state index contributed by atoms with van der Waals surface area (Å²) in [6.07, 6.45) is 5.66. The number of hydrogen-bond acceptors (Lipinski definition) is 3. The first-order valence-electron chi connectivity index (χ1n) is 5.51. The third-order valence-electron chi connectivity index (χ3n) is 2.91. The number of ketones is 1. The molecule has 4 nitrogen and oxygen atoms in total. The van der Waals surface area contributed by atoms with E-state index < -0.39 is 0 Å². The summed E-state index contributed by atoms with van der Waals surface area (Å²) >= 11 is 0. The van der Waals surface area contributed by atoms with Gasteiger partial charge in [0.2, 0.25) is 0 Å². The number of carbonyl (C=O) groups excluding carboxylic acids is 1. The molecule has 0 unspecified atom stereocenters. The van der Waals surface area contributed by atoms with E-state index in [9.17, 15) is 4.79 Å². The van der Waals surface area contributed by atoms with Gasteiger partial charge in [0.25, 0.3) is 0 Å². The van der Waals surface area contributed by atoms with Gasteiger partial charge in [0.05, 0.1) is 0 Å². The fourth-order valence-corrected chi connectivity index (χ4v) is 2.28. The SMILES string of the molecule is Cn1ncnc1CC1=CC(=O)CC(C)(C)C1. The summed E-state index contributed by atoms with van der Waals surface area (Å²) in [5, 5.41) is 4.03. The van der Waals surface area contributed by atoms with Crippen LogP contribution in [-0.4, -0.2) is 20.5 Å². The van der Waals surface area contributed by atoms with Crippen LogP contribution in [0.3, 0.4) is 0 Å². The van der Waals surface area contributed by atoms with Gasteiger partial charge in [-0.3, -0.25) is 9.48 Å². The van der Waals surface area contributed by atoms with Crippen molar-refractivity contribution in [1.82, 2.24) is 14.8 Å². The fraction of sp³-hybridized carbons (Fsp3) is 0.583. The number of rotatable bonds is 2. The van der Waals surface area contributed by atoms with Crippen molar-refractivity contribution in [3.63, 3.8) is 0 Å². The zero-order valence-electron chi connectivity index (χ0n) is 10.0. The molecule has 0 aromatic carbocycles. The van der Waals surface area contributed by atoms with Crippen LogP contribution < -0.4 is 0 Å². The average Bonchev–Trinajstić information content (AvgIpc) is 2.48. The molecule has 86 valence electrons. The van der Waals surface area contributed by atoms with E-state index in [2.05, 4.69) is 23.9 Å². The van der Waals surface area contributed by atoms with Crippen LogP contribution in [0.25, 0.3) is 0 Å². The lowest BCUT2D eigenvalue weighted by Crippen LogP contribution is -2.23. The van der Waals surface area contributed by atoms with Crippen molar-refractivity contribution in [3.05, 3.63) is 23.8 Å². The minimum atomic E-state index is 0.0831. The Kier molecular flexibility index (Phi) is 2.66. The van der Waals surface area contributed by atoms with Crippen LogP contribution in [-0.2, 0) is 18.3 Å². The lowest BCUT2D eigenvalue weighted by molar-refractivity contribution is -0.117. The van der Waals surface area contributed by atoms with Gasteiger partial charge < -0.3 is 0 Å². The molecular formula is C12H17N3O. The highest BCUT2D eigenvalue weighted by atomic mass is 16.1. The van der Waals surface area contributed by atoms with E-state index >= 15 is 0 Å². The van der Waals surface area contributed by atoms with Crippen LogP contribution in [0.1, 0.15) is 32.5 Å². The molecule has 16 heavy (non-hydrogen) atoms. The molecule has 1 aromatic heterocycles. The first-order valence-corrected chi connectivity index (χ1v) is 5.51. The smallest absolute Gasteiger partial charge is 0.156 e. The van der Waals surface area contributed by atoms with Gasteiger partial charge in [-0.2, -0.15) is 5.10 Å². The van der Waals surface area contributed by atoms with Gasteiger partial charge in [0.15, 0.2) is 5.78 Å². The van der Waals surface area contributed by atoms with Crippen molar-refractivity contribution in [2.24, 2.45) is 12.5 Å². The highest BCUT2D eigenvalue weighted by Gasteiger charge is 2.27.